The second-order valence-electron chi connectivity index (χ2n) is 8.56. The Hall–Kier alpha value is -3.13. The Morgan fingerprint density at radius 2 is 1.69 bits per heavy atom. The molecule has 2 amide bonds. The molecule has 0 radical (unpaired) electrons. The maximum Gasteiger partial charge on any atom is 0.339 e. The van der Waals surface area contributed by atoms with E-state index in [0.717, 1.165) is 25.7 Å². The monoisotopic (exact) mass is 496 g/mol. The first kappa shape index (κ1) is 26.5. The highest BCUT2D eigenvalue weighted by Gasteiger charge is 2.23. The van der Waals surface area contributed by atoms with Crippen LogP contribution in [0.15, 0.2) is 53.4 Å². The normalized spacial score (nSPS) is 13.7. The number of nitrogens with one attached hydrogen (secondary N) is 1. The smallest absolute Gasteiger partial charge is 0.339 e. The van der Waals surface area contributed by atoms with Crippen LogP contribution < -0.4 is 5.32 Å². The molecule has 1 fully saturated rings. The van der Waals surface area contributed by atoms with Gasteiger partial charge in [-0.1, -0.05) is 38.3 Å². The van der Waals surface area contributed by atoms with E-state index in [1.807, 2.05) is 11.9 Å². The van der Waals surface area contributed by atoms with E-state index in [1.54, 1.807) is 55.5 Å². The van der Waals surface area contributed by atoms with Gasteiger partial charge in [0.05, 0.1) is 11.3 Å². The molecule has 1 saturated carbocycles. The molecule has 7 nitrogen and oxygen atoms in total. The van der Waals surface area contributed by atoms with Gasteiger partial charge in [-0.2, -0.15) is 0 Å². The van der Waals surface area contributed by atoms with Crippen LogP contribution in [0.3, 0.4) is 0 Å². The predicted molar refractivity (Wildman–Crippen MR) is 137 cm³/mol. The number of carbonyl (C=O) groups is 4. The number of ether oxygens (including phenoxy) is 1. The van der Waals surface area contributed by atoms with E-state index >= 15 is 0 Å². The lowest BCUT2D eigenvalue weighted by Gasteiger charge is -2.31. The summed E-state index contributed by atoms with van der Waals surface area (Å²) < 4.78 is 5.28. The molecule has 186 valence electrons. The van der Waals surface area contributed by atoms with Gasteiger partial charge in [0.15, 0.2) is 12.4 Å². The van der Waals surface area contributed by atoms with Gasteiger partial charge in [0.2, 0.25) is 11.8 Å². The zero-order valence-corrected chi connectivity index (χ0v) is 21.1. The minimum Gasteiger partial charge on any atom is -0.454 e. The molecule has 1 N–H and O–H groups in total. The lowest BCUT2D eigenvalue weighted by Crippen LogP contribution is -2.39. The van der Waals surface area contributed by atoms with Crippen LogP contribution in [0.5, 0.6) is 0 Å². The number of esters is 1. The van der Waals surface area contributed by atoms with E-state index in [0.29, 0.717) is 34.2 Å². The van der Waals surface area contributed by atoms with Crippen LogP contribution in [0, 0.1) is 0 Å². The Balaban J connectivity index is 1.54. The number of rotatable bonds is 10. The van der Waals surface area contributed by atoms with Gasteiger partial charge in [-0.05, 0) is 49.2 Å². The standard InChI is InChI=1S/C27H32N2O5S/c1-3-25(31)28-20-15-13-19(14-16-20)23(30)17-34-27(33)22-11-7-8-12-24(22)35-18-26(32)29(2)21-9-5-4-6-10-21/h7-8,11-16,21H,3-6,9-10,17-18H2,1-2H3,(H,28,31). The third-order valence-electron chi connectivity index (χ3n) is 6.12. The SMILES string of the molecule is CCC(=O)Nc1ccc(C(=O)COC(=O)c2ccccc2SCC(=O)N(C)C2CCCCC2)cc1. The second-order valence-corrected chi connectivity index (χ2v) is 9.58. The Bertz CT molecular complexity index is 1050. The zero-order valence-electron chi connectivity index (χ0n) is 20.2. The van der Waals surface area contributed by atoms with Crippen LogP contribution in [-0.4, -0.2) is 53.9 Å². The summed E-state index contributed by atoms with van der Waals surface area (Å²) in [5.41, 5.74) is 1.31. The van der Waals surface area contributed by atoms with Crippen LogP contribution in [0.1, 0.15) is 66.2 Å². The van der Waals surface area contributed by atoms with Crippen LogP contribution in [0.25, 0.3) is 0 Å². The van der Waals surface area contributed by atoms with E-state index < -0.39 is 12.6 Å². The molecule has 0 aromatic heterocycles. The van der Waals surface area contributed by atoms with Gasteiger partial charge in [0.25, 0.3) is 0 Å². The molecule has 0 aliphatic heterocycles. The van der Waals surface area contributed by atoms with Gasteiger partial charge in [0, 0.05) is 35.7 Å². The minimum atomic E-state index is -0.610. The van der Waals surface area contributed by atoms with Crippen molar-refractivity contribution in [3.8, 4) is 0 Å². The van der Waals surface area contributed by atoms with Crippen molar-refractivity contribution in [2.75, 3.05) is 24.7 Å². The van der Waals surface area contributed by atoms with Gasteiger partial charge in [-0.3, -0.25) is 14.4 Å². The molecule has 2 aromatic rings. The number of carbonyl (C=O) groups excluding carboxylic acids is 4. The molecule has 0 unspecified atom stereocenters. The summed E-state index contributed by atoms with van der Waals surface area (Å²) in [5.74, 6) is -0.796. The molecule has 35 heavy (non-hydrogen) atoms. The van der Waals surface area contributed by atoms with Gasteiger partial charge in [-0.15, -0.1) is 11.8 Å². The van der Waals surface area contributed by atoms with Crippen LogP contribution in [-0.2, 0) is 14.3 Å². The van der Waals surface area contributed by atoms with E-state index in [-0.39, 0.29) is 23.4 Å². The first-order chi connectivity index (χ1) is 16.9. The molecule has 0 bridgehead atoms. The molecule has 0 atom stereocenters. The van der Waals surface area contributed by atoms with Crippen LogP contribution in [0.4, 0.5) is 5.69 Å². The highest BCUT2D eigenvalue weighted by molar-refractivity contribution is 8.00. The second kappa shape index (κ2) is 13.1. The van der Waals surface area contributed by atoms with Gasteiger partial charge >= 0.3 is 5.97 Å². The molecule has 1 aliphatic carbocycles. The fraction of sp³-hybridized carbons (Fsp3) is 0.407. The van der Waals surface area contributed by atoms with Gasteiger partial charge in [-0.25, -0.2) is 4.79 Å². The molecule has 1 aliphatic rings. The van der Waals surface area contributed by atoms with E-state index in [2.05, 4.69) is 5.32 Å². The fourth-order valence-corrected chi connectivity index (χ4v) is 4.92. The average molecular weight is 497 g/mol. The molecular weight excluding hydrogens is 464 g/mol. The Morgan fingerprint density at radius 1 is 1.00 bits per heavy atom. The Labute approximate surface area is 210 Å². The first-order valence-corrected chi connectivity index (χ1v) is 12.9. The highest BCUT2D eigenvalue weighted by atomic mass is 32.2. The maximum atomic E-state index is 12.7. The minimum absolute atomic E-state index is 0.0406. The van der Waals surface area contributed by atoms with Gasteiger partial charge < -0.3 is 15.0 Å². The summed E-state index contributed by atoms with van der Waals surface area (Å²) in [6.45, 7) is 1.36. The number of anilines is 1. The number of nitrogens with zero attached hydrogens (tertiary/aromatic N) is 1. The topological polar surface area (TPSA) is 92.8 Å². The van der Waals surface area contributed by atoms with E-state index in [1.165, 1.54) is 18.2 Å². The lowest BCUT2D eigenvalue weighted by molar-refractivity contribution is -0.129. The quantitative estimate of drug-likeness (QED) is 0.284. The number of amides is 2. The number of benzene rings is 2. The van der Waals surface area contributed by atoms with Crippen molar-refractivity contribution in [1.82, 2.24) is 4.90 Å². The molecule has 8 heteroatoms. The summed E-state index contributed by atoms with van der Waals surface area (Å²) in [5, 5.41) is 2.72. The summed E-state index contributed by atoms with van der Waals surface area (Å²) in [6.07, 6.45) is 5.99. The first-order valence-electron chi connectivity index (χ1n) is 12.0. The fourth-order valence-electron chi connectivity index (χ4n) is 3.96. The molecule has 0 saturated heterocycles. The van der Waals surface area contributed by atoms with Crippen molar-refractivity contribution >= 4 is 41.0 Å². The van der Waals surface area contributed by atoms with Crippen LogP contribution in [0.2, 0.25) is 0 Å². The molecule has 0 spiro atoms. The molecule has 2 aromatic carbocycles. The zero-order chi connectivity index (χ0) is 25.2. The molecule has 3 rings (SSSR count). The van der Waals surface area contributed by atoms with Crippen molar-refractivity contribution < 1.29 is 23.9 Å². The third-order valence-corrected chi connectivity index (χ3v) is 7.18. The van der Waals surface area contributed by atoms with Gasteiger partial charge in [0.1, 0.15) is 0 Å². The summed E-state index contributed by atoms with van der Waals surface area (Å²) in [7, 11) is 1.86. The Kier molecular flexibility index (Phi) is 9.90. The number of hydrogen-bond acceptors (Lipinski definition) is 6. The predicted octanol–water partition coefficient (Wildman–Crippen LogP) is 4.96. The van der Waals surface area contributed by atoms with Crippen molar-refractivity contribution in [1.29, 1.82) is 0 Å². The van der Waals surface area contributed by atoms with Crippen molar-refractivity contribution in [3.05, 3.63) is 59.7 Å². The lowest BCUT2D eigenvalue weighted by atomic mass is 9.94. The third kappa shape index (κ3) is 7.68. The van der Waals surface area contributed by atoms with E-state index in [4.69, 9.17) is 4.74 Å². The van der Waals surface area contributed by atoms with Crippen molar-refractivity contribution in [2.24, 2.45) is 0 Å². The summed E-state index contributed by atoms with van der Waals surface area (Å²) in [6, 6.07) is 13.7. The maximum absolute atomic E-state index is 12.7. The van der Waals surface area contributed by atoms with Crippen molar-refractivity contribution in [2.45, 2.75) is 56.4 Å². The molecular formula is C27H32N2O5S. The van der Waals surface area contributed by atoms with Crippen molar-refractivity contribution in [3.63, 3.8) is 0 Å². The number of thioether (sulfide) groups is 1. The number of hydrogen-bond donors (Lipinski definition) is 1. The van der Waals surface area contributed by atoms with Crippen LogP contribution >= 0.6 is 11.8 Å². The summed E-state index contributed by atoms with van der Waals surface area (Å²) >= 11 is 1.30. The summed E-state index contributed by atoms with van der Waals surface area (Å²) in [4.78, 5) is 51.8. The van der Waals surface area contributed by atoms with E-state index in [9.17, 15) is 19.2 Å². The molecule has 0 heterocycles. The average Bonchev–Trinajstić information content (AvgIpc) is 2.90. The highest BCUT2D eigenvalue weighted by Crippen LogP contribution is 2.26. The number of ketones is 1. The largest absolute Gasteiger partial charge is 0.454 e. The Morgan fingerprint density at radius 3 is 2.37 bits per heavy atom. The number of Topliss-reactive ketones (excluding diaryl/α,β-unsaturated/α-hetero) is 1.